The van der Waals surface area contributed by atoms with Crippen LogP contribution in [-0.4, -0.2) is 11.8 Å². The van der Waals surface area contributed by atoms with Crippen LogP contribution in [0.3, 0.4) is 0 Å². The fourth-order valence-corrected chi connectivity index (χ4v) is 4.01. The minimum absolute atomic E-state index is 0.256. The molecule has 0 atom stereocenters. The topological polar surface area (TPSA) is 37.4 Å². The molecule has 0 saturated carbocycles. The van der Waals surface area contributed by atoms with Crippen molar-refractivity contribution in [1.82, 2.24) is 0 Å². The summed E-state index contributed by atoms with van der Waals surface area (Å²) >= 11 is 1.63. The number of fused-ring (bicyclic) bond motifs is 1. The normalized spacial score (nSPS) is 13.2. The van der Waals surface area contributed by atoms with Crippen molar-refractivity contribution in [1.29, 1.82) is 0 Å². The van der Waals surface area contributed by atoms with Gasteiger partial charge in [0.25, 0.3) is 11.8 Å². The number of thioether (sulfide) groups is 1. The average Bonchev–Trinajstić information content (AvgIpc) is 2.93. The minimum Gasteiger partial charge on any atom is -0.268 e. The van der Waals surface area contributed by atoms with E-state index in [4.69, 9.17) is 0 Å². The summed E-state index contributed by atoms with van der Waals surface area (Å²) in [6.45, 7) is 2.06. The summed E-state index contributed by atoms with van der Waals surface area (Å²) in [4.78, 5) is 27.7. The molecule has 1 aliphatic heterocycles. The van der Waals surface area contributed by atoms with Crippen LogP contribution in [-0.2, 0) is 5.75 Å². The van der Waals surface area contributed by atoms with E-state index >= 15 is 0 Å². The predicted octanol–water partition coefficient (Wildman–Crippen LogP) is 5.09. The van der Waals surface area contributed by atoms with E-state index in [-0.39, 0.29) is 11.8 Å². The molecule has 0 bridgehead atoms. The highest BCUT2D eigenvalue weighted by atomic mass is 32.2. The molecule has 2 amide bonds. The molecule has 0 spiro atoms. The SMILES string of the molecule is Cc1ccc(CSc2ccccc2N2C(=O)c3ccccc3C2=O)cc1. The maximum absolute atomic E-state index is 12.8. The molecule has 0 fully saturated rings. The van der Waals surface area contributed by atoms with Crippen molar-refractivity contribution < 1.29 is 9.59 Å². The van der Waals surface area contributed by atoms with Crippen molar-refractivity contribution in [3.8, 4) is 0 Å². The number of hydrogen-bond acceptors (Lipinski definition) is 3. The lowest BCUT2D eigenvalue weighted by molar-refractivity contribution is 0.0925. The largest absolute Gasteiger partial charge is 0.268 e. The van der Waals surface area contributed by atoms with E-state index in [1.807, 2.05) is 24.3 Å². The Labute approximate surface area is 156 Å². The zero-order chi connectivity index (χ0) is 18.1. The molecule has 0 aromatic heterocycles. The van der Waals surface area contributed by atoms with E-state index in [2.05, 4.69) is 31.2 Å². The van der Waals surface area contributed by atoms with E-state index in [0.29, 0.717) is 16.8 Å². The van der Waals surface area contributed by atoms with Crippen LogP contribution in [0.1, 0.15) is 31.8 Å². The van der Waals surface area contributed by atoms with Gasteiger partial charge in [-0.25, -0.2) is 4.90 Å². The summed E-state index contributed by atoms with van der Waals surface area (Å²) < 4.78 is 0. The number of nitrogens with zero attached hydrogens (tertiary/aromatic N) is 1. The molecular weight excluding hydrogens is 342 g/mol. The Morgan fingerprint density at radius 3 is 2.00 bits per heavy atom. The molecule has 3 nitrogen and oxygen atoms in total. The zero-order valence-corrected chi connectivity index (χ0v) is 15.1. The van der Waals surface area contributed by atoms with Gasteiger partial charge in [0.2, 0.25) is 0 Å². The molecule has 4 heteroatoms. The first-order valence-electron chi connectivity index (χ1n) is 8.40. The van der Waals surface area contributed by atoms with E-state index in [9.17, 15) is 9.59 Å². The maximum Gasteiger partial charge on any atom is 0.266 e. The van der Waals surface area contributed by atoms with Crippen molar-refractivity contribution >= 4 is 29.3 Å². The van der Waals surface area contributed by atoms with Crippen molar-refractivity contribution in [2.24, 2.45) is 0 Å². The Balaban J connectivity index is 1.63. The molecule has 0 saturated heterocycles. The van der Waals surface area contributed by atoms with Crippen LogP contribution in [0, 0.1) is 6.92 Å². The number of imide groups is 1. The highest BCUT2D eigenvalue weighted by molar-refractivity contribution is 7.98. The quantitative estimate of drug-likeness (QED) is 0.481. The van der Waals surface area contributed by atoms with Crippen molar-refractivity contribution in [2.45, 2.75) is 17.6 Å². The van der Waals surface area contributed by atoms with Gasteiger partial charge >= 0.3 is 0 Å². The Bertz CT molecular complexity index is 960. The number of anilines is 1. The summed E-state index contributed by atoms with van der Waals surface area (Å²) in [5, 5.41) is 0. The van der Waals surface area contributed by atoms with Gasteiger partial charge in [-0.05, 0) is 36.8 Å². The lowest BCUT2D eigenvalue weighted by atomic mass is 10.1. The summed E-state index contributed by atoms with van der Waals surface area (Å²) in [7, 11) is 0. The molecule has 1 heterocycles. The maximum atomic E-state index is 12.8. The molecule has 0 N–H and O–H groups in total. The number of carbonyl (C=O) groups excluding carboxylic acids is 2. The summed E-state index contributed by atoms with van der Waals surface area (Å²) in [6.07, 6.45) is 0. The number of aryl methyl sites for hydroxylation is 1. The Morgan fingerprint density at radius 2 is 1.35 bits per heavy atom. The smallest absolute Gasteiger partial charge is 0.266 e. The van der Waals surface area contributed by atoms with Gasteiger partial charge in [-0.15, -0.1) is 11.8 Å². The standard InChI is InChI=1S/C22H17NO2S/c1-15-10-12-16(13-11-15)14-26-20-9-5-4-8-19(20)23-21(24)17-6-2-3-7-18(17)22(23)25/h2-13H,14H2,1H3. The second kappa shape index (κ2) is 6.81. The van der Waals surface area contributed by atoms with Crippen molar-refractivity contribution in [2.75, 3.05) is 4.90 Å². The lowest BCUT2D eigenvalue weighted by Crippen LogP contribution is -2.29. The molecule has 3 aromatic rings. The van der Waals surface area contributed by atoms with E-state index < -0.39 is 0 Å². The third-order valence-electron chi connectivity index (χ3n) is 4.42. The third kappa shape index (κ3) is 2.93. The molecule has 3 aromatic carbocycles. The van der Waals surface area contributed by atoms with Crippen molar-refractivity contribution in [3.05, 3.63) is 95.1 Å². The summed E-state index contributed by atoms with van der Waals surface area (Å²) in [5.41, 5.74) is 4.02. The van der Waals surface area contributed by atoms with Gasteiger partial charge in [-0.2, -0.15) is 0 Å². The highest BCUT2D eigenvalue weighted by Gasteiger charge is 2.37. The number of amides is 2. The van der Waals surface area contributed by atoms with Crippen LogP contribution >= 0.6 is 11.8 Å². The summed E-state index contributed by atoms with van der Waals surface area (Å²) in [5.74, 6) is 0.267. The second-order valence-corrected chi connectivity index (χ2v) is 7.25. The number of para-hydroxylation sites is 1. The van der Waals surface area contributed by atoms with Crippen LogP contribution in [0.25, 0.3) is 0 Å². The van der Waals surface area contributed by atoms with Gasteiger partial charge in [0.05, 0.1) is 16.8 Å². The molecule has 0 aliphatic carbocycles. The second-order valence-electron chi connectivity index (χ2n) is 6.23. The van der Waals surface area contributed by atoms with Gasteiger partial charge in [0.15, 0.2) is 0 Å². The first kappa shape index (κ1) is 16.6. The monoisotopic (exact) mass is 359 g/mol. The molecule has 26 heavy (non-hydrogen) atoms. The Kier molecular flexibility index (Phi) is 4.35. The molecular formula is C22H17NO2S. The van der Waals surface area contributed by atoms with Gasteiger partial charge in [-0.1, -0.05) is 54.1 Å². The zero-order valence-electron chi connectivity index (χ0n) is 14.3. The Morgan fingerprint density at radius 1 is 0.769 bits per heavy atom. The first-order valence-corrected chi connectivity index (χ1v) is 9.39. The van der Waals surface area contributed by atoms with Crippen LogP contribution in [0.5, 0.6) is 0 Å². The van der Waals surface area contributed by atoms with E-state index in [0.717, 1.165) is 10.6 Å². The molecule has 0 radical (unpaired) electrons. The molecule has 0 unspecified atom stereocenters. The van der Waals surface area contributed by atoms with Gasteiger partial charge in [-0.3, -0.25) is 9.59 Å². The number of hydrogen-bond donors (Lipinski definition) is 0. The summed E-state index contributed by atoms with van der Waals surface area (Å²) in [6, 6.07) is 22.9. The van der Waals surface area contributed by atoms with Gasteiger partial charge in [0.1, 0.15) is 0 Å². The fourth-order valence-electron chi connectivity index (χ4n) is 3.02. The predicted molar refractivity (Wildman–Crippen MR) is 105 cm³/mol. The first-order chi connectivity index (χ1) is 12.6. The van der Waals surface area contributed by atoms with Crippen molar-refractivity contribution in [3.63, 3.8) is 0 Å². The Hall–Kier alpha value is -2.85. The lowest BCUT2D eigenvalue weighted by Gasteiger charge is -2.17. The third-order valence-corrected chi connectivity index (χ3v) is 5.55. The highest BCUT2D eigenvalue weighted by Crippen LogP contribution is 2.36. The van der Waals surface area contributed by atoms with Crippen LogP contribution in [0.2, 0.25) is 0 Å². The number of carbonyl (C=O) groups is 2. The van der Waals surface area contributed by atoms with Gasteiger partial charge < -0.3 is 0 Å². The number of benzene rings is 3. The fraction of sp³-hybridized carbons (Fsp3) is 0.0909. The van der Waals surface area contributed by atoms with Gasteiger partial charge in [0, 0.05) is 10.6 Å². The van der Waals surface area contributed by atoms with E-state index in [1.54, 1.807) is 36.0 Å². The average molecular weight is 359 g/mol. The molecule has 4 rings (SSSR count). The molecule has 128 valence electrons. The van der Waals surface area contributed by atoms with Crippen LogP contribution in [0.15, 0.2) is 77.7 Å². The minimum atomic E-state index is -0.256. The van der Waals surface area contributed by atoms with E-state index in [1.165, 1.54) is 16.0 Å². The molecule has 1 aliphatic rings. The van der Waals surface area contributed by atoms with Crippen LogP contribution in [0.4, 0.5) is 5.69 Å². The van der Waals surface area contributed by atoms with Crippen LogP contribution < -0.4 is 4.90 Å². The number of rotatable bonds is 4.